The molecule has 4 nitrogen and oxygen atoms in total. The third-order valence-electron chi connectivity index (χ3n) is 2.95. The van der Waals surface area contributed by atoms with E-state index in [0.717, 1.165) is 16.9 Å². The van der Waals surface area contributed by atoms with Crippen LogP contribution in [0, 0.1) is 0 Å². The summed E-state index contributed by atoms with van der Waals surface area (Å²) in [7, 11) is 1.58. The molecule has 2 unspecified atom stereocenters. The van der Waals surface area contributed by atoms with E-state index >= 15 is 0 Å². The Hall–Kier alpha value is -1.52. The molecule has 0 radical (unpaired) electrons. The number of hydrogen-bond donors (Lipinski definition) is 1. The van der Waals surface area contributed by atoms with Gasteiger partial charge in [0, 0.05) is 7.11 Å². The van der Waals surface area contributed by atoms with Gasteiger partial charge in [0.25, 0.3) is 0 Å². The zero-order valence-electron chi connectivity index (χ0n) is 8.84. The summed E-state index contributed by atoms with van der Waals surface area (Å²) in [5.74, 6) is 1.41. The van der Waals surface area contributed by atoms with Crippen molar-refractivity contribution in [2.45, 2.75) is 12.2 Å². The van der Waals surface area contributed by atoms with Crippen LogP contribution in [-0.2, 0) is 4.74 Å². The lowest BCUT2D eigenvalue weighted by atomic mass is 9.92. The first kappa shape index (κ1) is 9.69. The Bertz CT molecular complexity index is 453. The fourth-order valence-corrected chi connectivity index (χ4v) is 2.06. The zero-order valence-corrected chi connectivity index (χ0v) is 8.84. The van der Waals surface area contributed by atoms with Crippen molar-refractivity contribution in [3.63, 3.8) is 0 Å². The highest BCUT2D eigenvalue weighted by molar-refractivity contribution is 5.64. The van der Waals surface area contributed by atoms with Gasteiger partial charge in [0.05, 0.1) is 0 Å². The van der Waals surface area contributed by atoms with E-state index in [2.05, 4.69) is 0 Å². The molecule has 0 amide bonds. The van der Waals surface area contributed by atoms with Crippen LogP contribution >= 0.6 is 0 Å². The topological polar surface area (TPSA) is 47.9 Å². The Kier molecular flexibility index (Phi) is 2.12. The van der Waals surface area contributed by atoms with Gasteiger partial charge in [0.1, 0.15) is 12.2 Å². The van der Waals surface area contributed by atoms with Gasteiger partial charge >= 0.3 is 0 Å². The number of fused-ring (bicyclic) bond motifs is 2. The van der Waals surface area contributed by atoms with E-state index in [1.807, 2.05) is 24.3 Å². The van der Waals surface area contributed by atoms with Crippen LogP contribution in [0.25, 0.3) is 6.08 Å². The van der Waals surface area contributed by atoms with E-state index < -0.39 is 6.10 Å². The van der Waals surface area contributed by atoms with Crippen LogP contribution in [0.2, 0.25) is 0 Å². The van der Waals surface area contributed by atoms with Crippen LogP contribution in [0.15, 0.2) is 18.2 Å². The molecule has 1 aliphatic heterocycles. The van der Waals surface area contributed by atoms with E-state index in [1.54, 1.807) is 7.11 Å². The number of hydrogen-bond acceptors (Lipinski definition) is 4. The molecule has 1 aromatic carbocycles. The zero-order chi connectivity index (χ0) is 11.1. The second kappa shape index (κ2) is 3.50. The van der Waals surface area contributed by atoms with Gasteiger partial charge in [-0.3, -0.25) is 0 Å². The van der Waals surface area contributed by atoms with Crippen molar-refractivity contribution in [1.82, 2.24) is 0 Å². The van der Waals surface area contributed by atoms with Gasteiger partial charge in [0.15, 0.2) is 11.5 Å². The Morgan fingerprint density at radius 1 is 1.31 bits per heavy atom. The highest BCUT2D eigenvalue weighted by atomic mass is 16.7. The van der Waals surface area contributed by atoms with Crippen LogP contribution in [0.5, 0.6) is 11.5 Å². The van der Waals surface area contributed by atoms with E-state index in [-0.39, 0.29) is 12.9 Å². The molecule has 0 bridgehead atoms. The van der Waals surface area contributed by atoms with Gasteiger partial charge in [-0.2, -0.15) is 0 Å². The van der Waals surface area contributed by atoms with Crippen molar-refractivity contribution in [2.24, 2.45) is 0 Å². The van der Waals surface area contributed by atoms with Gasteiger partial charge < -0.3 is 19.3 Å². The average Bonchev–Trinajstić information content (AvgIpc) is 2.74. The molecule has 4 heteroatoms. The summed E-state index contributed by atoms with van der Waals surface area (Å²) < 4.78 is 15.7. The summed E-state index contributed by atoms with van der Waals surface area (Å²) in [4.78, 5) is 0. The van der Waals surface area contributed by atoms with Crippen molar-refractivity contribution in [1.29, 1.82) is 0 Å². The monoisotopic (exact) mass is 220 g/mol. The molecule has 1 N–H and O–H groups in total. The van der Waals surface area contributed by atoms with Gasteiger partial charge in [-0.1, -0.05) is 12.2 Å². The normalized spacial score (nSPS) is 25.6. The Balaban J connectivity index is 2.09. The van der Waals surface area contributed by atoms with Crippen LogP contribution in [0.1, 0.15) is 17.2 Å². The summed E-state index contributed by atoms with van der Waals surface area (Å²) >= 11 is 0. The molecular formula is C12H12O4. The molecule has 2 atom stereocenters. The quantitative estimate of drug-likeness (QED) is 0.779. The summed E-state index contributed by atoms with van der Waals surface area (Å²) in [6.45, 7) is 0.242. The van der Waals surface area contributed by atoms with Gasteiger partial charge in [-0.25, -0.2) is 0 Å². The molecule has 0 aromatic heterocycles. The summed E-state index contributed by atoms with van der Waals surface area (Å²) in [5, 5.41) is 10.1. The number of methoxy groups -OCH3 is 1. The predicted molar refractivity (Wildman–Crippen MR) is 57.4 cm³/mol. The lowest BCUT2D eigenvalue weighted by Crippen LogP contribution is -2.21. The molecule has 2 aliphatic rings. The van der Waals surface area contributed by atoms with E-state index in [1.165, 1.54) is 0 Å². The Labute approximate surface area is 93.1 Å². The number of aliphatic hydroxyl groups is 1. The molecule has 1 aliphatic carbocycles. The molecule has 0 saturated carbocycles. The lowest BCUT2D eigenvalue weighted by Gasteiger charge is -2.24. The maximum absolute atomic E-state index is 10.1. The highest BCUT2D eigenvalue weighted by Crippen LogP contribution is 2.40. The van der Waals surface area contributed by atoms with Crippen molar-refractivity contribution in [3.8, 4) is 11.5 Å². The molecule has 16 heavy (non-hydrogen) atoms. The van der Waals surface area contributed by atoms with Crippen LogP contribution in [-0.4, -0.2) is 25.1 Å². The number of rotatable bonds is 1. The number of ether oxygens (including phenoxy) is 3. The molecule has 1 aromatic rings. The van der Waals surface area contributed by atoms with E-state index in [4.69, 9.17) is 14.2 Å². The fourth-order valence-electron chi connectivity index (χ4n) is 2.06. The van der Waals surface area contributed by atoms with Crippen molar-refractivity contribution < 1.29 is 19.3 Å². The highest BCUT2D eigenvalue weighted by Gasteiger charge is 2.27. The second-order valence-electron chi connectivity index (χ2n) is 3.84. The largest absolute Gasteiger partial charge is 0.454 e. The molecule has 0 fully saturated rings. The number of benzene rings is 1. The van der Waals surface area contributed by atoms with Crippen molar-refractivity contribution >= 4 is 6.08 Å². The standard InChI is InChI=1S/C12H12O4/c1-14-9-3-2-7-4-10-11(16-6-15-10)5-8(7)12(9)13/h2-5,9,12-13H,6H2,1H3. The van der Waals surface area contributed by atoms with Crippen LogP contribution < -0.4 is 9.47 Å². The molecule has 84 valence electrons. The third kappa shape index (κ3) is 1.31. The van der Waals surface area contributed by atoms with Crippen molar-refractivity contribution in [2.75, 3.05) is 13.9 Å². The fraction of sp³-hybridized carbons (Fsp3) is 0.333. The first-order chi connectivity index (χ1) is 7.79. The van der Waals surface area contributed by atoms with E-state index in [9.17, 15) is 5.11 Å². The van der Waals surface area contributed by atoms with Crippen LogP contribution in [0.3, 0.4) is 0 Å². The SMILES string of the molecule is COC1C=Cc2cc3c(cc2C1O)OCO3. The first-order valence-corrected chi connectivity index (χ1v) is 5.12. The molecule has 3 rings (SSSR count). The number of aliphatic hydroxyl groups excluding tert-OH is 1. The maximum Gasteiger partial charge on any atom is 0.231 e. The lowest BCUT2D eigenvalue weighted by molar-refractivity contribution is 0.0149. The summed E-state index contributed by atoms with van der Waals surface area (Å²) in [6.07, 6.45) is 2.82. The minimum atomic E-state index is -0.653. The van der Waals surface area contributed by atoms with Gasteiger partial charge in [-0.05, 0) is 23.3 Å². The van der Waals surface area contributed by atoms with E-state index in [0.29, 0.717) is 5.75 Å². The maximum atomic E-state index is 10.1. The minimum absolute atomic E-state index is 0.242. The smallest absolute Gasteiger partial charge is 0.231 e. The van der Waals surface area contributed by atoms with Crippen molar-refractivity contribution in [3.05, 3.63) is 29.3 Å². The van der Waals surface area contributed by atoms with Gasteiger partial charge in [-0.15, -0.1) is 0 Å². The Morgan fingerprint density at radius 2 is 2.06 bits per heavy atom. The molecular weight excluding hydrogens is 208 g/mol. The summed E-state index contributed by atoms with van der Waals surface area (Å²) in [5.41, 5.74) is 1.77. The predicted octanol–water partition coefficient (Wildman–Crippen LogP) is 1.49. The molecule has 0 spiro atoms. The molecule has 1 heterocycles. The van der Waals surface area contributed by atoms with Gasteiger partial charge in [0.2, 0.25) is 6.79 Å². The first-order valence-electron chi connectivity index (χ1n) is 5.12. The average molecular weight is 220 g/mol. The summed E-state index contributed by atoms with van der Waals surface area (Å²) in [6, 6.07) is 3.70. The second-order valence-corrected chi connectivity index (χ2v) is 3.84. The third-order valence-corrected chi connectivity index (χ3v) is 2.95. The van der Waals surface area contributed by atoms with Crippen LogP contribution in [0.4, 0.5) is 0 Å². The molecule has 0 saturated heterocycles. The minimum Gasteiger partial charge on any atom is -0.454 e. The Morgan fingerprint density at radius 3 is 2.81 bits per heavy atom.